The number of ketones is 1. The first kappa shape index (κ1) is 7.25. The van der Waals surface area contributed by atoms with Crippen LogP contribution in [0.3, 0.4) is 0 Å². The van der Waals surface area contributed by atoms with E-state index < -0.39 is 5.54 Å². The molecule has 0 aliphatic carbocycles. The predicted octanol–water partition coefficient (Wildman–Crippen LogP) is 0.244. The average Bonchev–Trinajstić information content (AvgIpc) is 2.09. The van der Waals surface area contributed by atoms with Crippen molar-refractivity contribution < 1.29 is 9.59 Å². The SMILES string of the molecule is CC[C@]1(C)NC(=O)CC1=O. The molecule has 0 bridgehead atoms. The van der Waals surface area contributed by atoms with Crippen LogP contribution in [-0.2, 0) is 9.59 Å². The van der Waals surface area contributed by atoms with Crippen molar-refractivity contribution >= 4 is 11.7 Å². The Morgan fingerprint density at radius 3 is 2.40 bits per heavy atom. The number of hydrogen-bond acceptors (Lipinski definition) is 2. The first-order valence-electron chi connectivity index (χ1n) is 3.43. The first-order valence-corrected chi connectivity index (χ1v) is 3.43. The van der Waals surface area contributed by atoms with Crippen molar-refractivity contribution in [1.82, 2.24) is 5.32 Å². The molecular weight excluding hydrogens is 130 g/mol. The van der Waals surface area contributed by atoms with Gasteiger partial charge in [0.15, 0.2) is 5.78 Å². The molecule has 1 saturated heterocycles. The molecule has 0 unspecified atom stereocenters. The van der Waals surface area contributed by atoms with E-state index in [0.29, 0.717) is 6.42 Å². The average molecular weight is 141 g/mol. The molecule has 0 saturated carbocycles. The highest BCUT2D eigenvalue weighted by molar-refractivity contribution is 6.09. The summed E-state index contributed by atoms with van der Waals surface area (Å²) in [6.45, 7) is 3.66. The van der Waals surface area contributed by atoms with Crippen molar-refractivity contribution in [2.75, 3.05) is 0 Å². The van der Waals surface area contributed by atoms with Gasteiger partial charge in [0.2, 0.25) is 5.91 Å². The second-order valence-corrected chi connectivity index (χ2v) is 2.83. The maximum atomic E-state index is 11.1. The van der Waals surface area contributed by atoms with E-state index in [4.69, 9.17) is 0 Å². The first-order chi connectivity index (χ1) is 4.58. The Morgan fingerprint density at radius 2 is 2.20 bits per heavy atom. The molecule has 0 aromatic heterocycles. The van der Waals surface area contributed by atoms with Crippen LogP contribution in [0.25, 0.3) is 0 Å². The van der Waals surface area contributed by atoms with E-state index in [-0.39, 0.29) is 18.1 Å². The quantitative estimate of drug-likeness (QED) is 0.532. The lowest BCUT2D eigenvalue weighted by molar-refractivity contribution is -0.123. The normalized spacial score (nSPS) is 32.6. The van der Waals surface area contributed by atoms with Crippen LogP contribution in [-0.4, -0.2) is 17.2 Å². The third-order valence-corrected chi connectivity index (χ3v) is 2.06. The molecule has 0 radical (unpaired) electrons. The van der Waals surface area contributed by atoms with Gasteiger partial charge in [0.1, 0.15) is 0 Å². The Bertz CT molecular complexity index is 188. The lowest BCUT2D eigenvalue weighted by atomic mass is 9.96. The Balaban J connectivity index is 2.80. The Labute approximate surface area is 59.8 Å². The largest absolute Gasteiger partial charge is 0.343 e. The van der Waals surface area contributed by atoms with Crippen molar-refractivity contribution in [3.63, 3.8) is 0 Å². The zero-order chi connectivity index (χ0) is 7.78. The summed E-state index contributed by atoms with van der Waals surface area (Å²) in [4.78, 5) is 21.8. The molecule has 1 atom stereocenters. The molecule has 1 aliphatic heterocycles. The molecule has 1 heterocycles. The topological polar surface area (TPSA) is 46.2 Å². The molecule has 0 aromatic rings. The van der Waals surface area contributed by atoms with E-state index >= 15 is 0 Å². The summed E-state index contributed by atoms with van der Waals surface area (Å²) in [5.41, 5.74) is -0.572. The van der Waals surface area contributed by atoms with Gasteiger partial charge >= 0.3 is 0 Å². The number of nitrogens with one attached hydrogen (secondary N) is 1. The maximum absolute atomic E-state index is 11.1. The van der Waals surface area contributed by atoms with Gasteiger partial charge in [-0.25, -0.2) is 0 Å². The Kier molecular flexibility index (Phi) is 1.50. The van der Waals surface area contributed by atoms with Crippen molar-refractivity contribution in [3.05, 3.63) is 0 Å². The molecular formula is C7H11NO2. The summed E-state index contributed by atoms with van der Waals surface area (Å²) in [7, 11) is 0. The predicted molar refractivity (Wildman–Crippen MR) is 36.5 cm³/mol. The molecule has 3 heteroatoms. The zero-order valence-corrected chi connectivity index (χ0v) is 6.23. The Hall–Kier alpha value is -0.860. The van der Waals surface area contributed by atoms with Crippen LogP contribution in [0.5, 0.6) is 0 Å². The van der Waals surface area contributed by atoms with E-state index in [1.807, 2.05) is 6.92 Å². The molecule has 1 amide bonds. The van der Waals surface area contributed by atoms with Gasteiger partial charge in [0.05, 0.1) is 12.0 Å². The van der Waals surface area contributed by atoms with Crippen molar-refractivity contribution in [2.24, 2.45) is 0 Å². The fourth-order valence-electron chi connectivity index (χ4n) is 1.05. The summed E-state index contributed by atoms with van der Waals surface area (Å²) in [6.07, 6.45) is 0.738. The van der Waals surface area contributed by atoms with Crippen molar-refractivity contribution in [1.29, 1.82) is 0 Å². The Morgan fingerprint density at radius 1 is 1.60 bits per heavy atom. The van der Waals surface area contributed by atoms with Gasteiger partial charge in [-0.15, -0.1) is 0 Å². The smallest absolute Gasteiger partial charge is 0.228 e. The minimum Gasteiger partial charge on any atom is -0.343 e. The molecule has 1 rings (SSSR count). The molecule has 1 aliphatic rings. The summed E-state index contributed by atoms with van der Waals surface area (Å²) in [5, 5.41) is 2.64. The molecule has 56 valence electrons. The van der Waals surface area contributed by atoms with Gasteiger partial charge < -0.3 is 5.32 Å². The van der Waals surface area contributed by atoms with E-state index in [0.717, 1.165) is 0 Å². The highest BCUT2D eigenvalue weighted by atomic mass is 16.2. The van der Waals surface area contributed by atoms with E-state index in [1.54, 1.807) is 6.92 Å². The minimum atomic E-state index is -0.572. The van der Waals surface area contributed by atoms with Crippen LogP contribution in [0.1, 0.15) is 26.7 Å². The van der Waals surface area contributed by atoms with Crippen LogP contribution in [0, 0.1) is 0 Å². The van der Waals surface area contributed by atoms with Gasteiger partial charge in [-0.05, 0) is 13.3 Å². The van der Waals surface area contributed by atoms with Crippen molar-refractivity contribution in [2.45, 2.75) is 32.2 Å². The van der Waals surface area contributed by atoms with Gasteiger partial charge in [0.25, 0.3) is 0 Å². The van der Waals surface area contributed by atoms with Crippen LogP contribution in [0.4, 0.5) is 0 Å². The summed E-state index contributed by atoms with van der Waals surface area (Å²) < 4.78 is 0. The molecule has 3 nitrogen and oxygen atoms in total. The molecule has 1 N–H and O–H groups in total. The molecule has 1 fully saturated rings. The lowest BCUT2D eigenvalue weighted by Crippen LogP contribution is -2.42. The van der Waals surface area contributed by atoms with Crippen molar-refractivity contribution in [3.8, 4) is 0 Å². The number of amides is 1. The second kappa shape index (κ2) is 2.08. The van der Waals surface area contributed by atoms with Gasteiger partial charge in [-0.1, -0.05) is 6.92 Å². The fourth-order valence-corrected chi connectivity index (χ4v) is 1.05. The molecule has 0 aromatic carbocycles. The summed E-state index contributed by atoms with van der Waals surface area (Å²) in [6, 6.07) is 0. The van der Waals surface area contributed by atoms with E-state index in [2.05, 4.69) is 5.32 Å². The number of carbonyl (C=O) groups excluding carboxylic acids is 2. The zero-order valence-electron chi connectivity index (χ0n) is 6.23. The van der Waals surface area contributed by atoms with Gasteiger partial charge in [-0.2, -0.15) is 0 Å². The van der Waals surface area contributed by atoms with Crippen LogP contribution < -0.4 is 5.32 Å². The van der Waals surface area contributed by atoms with Crippen LogP contribution in [0.15, 0.2) is 0 Å². The lowest BCUT2D eigenvalue weighted by Gasteiger charge is -2.18. The fraction of sp³-hybridized carbons (Fsp3) is 0.714. The van der Waals surface area contributed by atoms with Gasteiger partial charge in [0, 0.05) is 0 Å². The molecule has 10 heavy (non-hydrogen) atoms. The number of rotatable bonds is 1. The monoisotopic (exact) mass is 141 g/mol. The maximum Gasteiger partial charge on any atom is 0.228 e. The van der Waals surface area contributed by atoms with Crippen LogP contribution in [0.2, 0.25) is 0 Å². The third kappa shape index (κ3) is 0.916. The number of Topliss-reactive ketones (excluding diaryl/α,β-unsaturated/α-hetero) is 1. The third-order valence-electron chi connectivity index (χ3n) is 2.06. The minimum absolute atomic E-state index is 0.0139. The summed E-state index contributed by atoms with van der Waals surface area (Å²) in [5.74, 6) is -0.130. The van der Waals surface area contributed by atoms with Crippen LogP contribution >= 0.6 is 0 Å². The second-order valence-electron chi connectivity index (χ2n) is 2.83. The number of hydrogen-bond donors (Lipinski definition) is 1. The standard InChI is InChI=1S/C7H11NO2/c1-3-7(2)5(9)4-6(10)8-7/h3-4H2,1-2H3,(H,8,10)/t7-/m0/s1. The van der Waals surface area contributed by atoms with Gasteiger partial charge in [-0.3, -0.25) is 9.59 Å². The molecule has 0 spiro atoms. The highest BCUT2D eigenvalue weighted by Crippen LogP contribution is 2.18. The highest BCUT2D eigenvalue weighted by Gasteiger charge is 2.39. The summed E-state index contributed by atoms with van der Waals surface area (Å²) >= 11 is 0. The van der Waals surface area contributed by atoms with E-state index in [1.165, 1.54) is 0 Å². The number of carbonyl (C=O) groups is 2. The van der Waals surface area contributed by atoms with E-state index in [9.17, 15) is 9.59 Å².